The molecular formula is C17H24N4. The summed E-state index contributed by atoms with van der Waals surface area (Å²) in [5.41, 5.74) is 11.4. The van der Waals surface area contributed by atoms with Crippen LogP contribution in [-0.4, -0.2) is 23.1 Å². The zero-order valence-corrected chi connectivity index (χ0v) is 13.2. The largest absolute Gasteiger partial charge is 0.355 e. The van der Waals surface area contributed by atoms with E-state index in [1.807, 2.05) is 6.92 Å². The lowest BCUT2D eigenvalue weighted by Crippen LogP contribution is -2.31. The van der Waals surface area contributed by atoms with Gasteiger partial charge in [-0.25, -0.2) is 9.97 Å². The zero-order chi connectivity index (χ0) is 15.0. The number of hydrogen-bond donors (Lipinski definition) is 1. The van der Waals surface area contributed by atoms with E-state index >= 15 is 0 Å². The third-order valence-electron chi connectivity index (χ3n) is 4.24. The van der Waals surface area contributed by atoms with Crippen LogP contribution in [0.15, 0.2) is 12.1 Å². The summed E-state index contributed by atoms with van der Waals surface area (Å²) in [6.07, 6.45) is 3.81. The molecule has 4 nitrogen and oxygen atoms in total. The maximum Gasteiger partial charge on any atom is 0.150 e. The Kier molecular flexibility index (Phi) is 3.81. The van der Waals surface area contributed by atoms with Gasteiger partial charge in [0, 0.05) is 19.1 Å². The second-order valence-corrected chi connectivity index (χ2v) is 6.19. The molecule has 0 bridgehead atoms. The molecular weight excluding hydrogens is 260 g/mol. The van der Waals surface area contributed by atoms with E-state index in [1.54, 1.807) is 0 Å². The van der Waals surface area contributed by atoms with Gasteiger partial charge in [-0.05, 0) is 57.2 Å². The molecule has 0 saturated carbocycles. The number of fused-ring (bicyclic) bond motifs is 1. The molecule has 1 aromatic heterocycles. The van der Waals surface area contributed by atoms with Crippen LogP contribution in [0.4, 0.5) is 5.82 Å². The van der Waals surface area contributed by atoms with Gasteiger partial charge in [0.05, 0.1) is 16.7 Å². The van der Waals surface area contributed by atoms with Gasteiger partial charge in [-0.1, -0.05) is 6.07 Å². The van der Waals surface area contributed by atoms with Crippen molar-refractivity contribution in [3.8, 4) is 0 Å². The predicted molar refractivity (Wildman–Crippen MR) is 87.7 cm³/mol. The highest BCUT2D eigenvalue weighted by Gasteiger charge is 2.18. The van der Waals surface area contributed by atoms with Crippen LogP contribution in [0, 0.1) is 13.8 Å². The third kappa shape index (κ3) is 2.72. The molecule has 1 aliphatic heterocycles. The Bertz CT molecular complexity index is 657. The number of aromatic nitrogens is 2. The number of piperidine rings is 1. The highest BCUT2D eigenvalue weighted by Crippen LogP contribution is 2.27. The fraction of sp³-hybridized carbons (Fsp3) is 0.529. The van der Waals surface area contributed by atoms with Crippen LogP contribution in [0.5, 0.6) is 0 Å². The number of nitrogens with two attached hydrogens (primary N) is 1. The first-order valence-electron chi connectivity index (χ1n) is 7.85. The Balaban J connectivity index is 2.16. The van der Waals surface area contributed by atoms with Crippen LogP contribution < -0.4 is 10.6 Å². The topological polar surface area (TPSA) is 55.0 Å². The van der Waals surface area contributed by atoms with Gasteiger partial charge in [-0.3, -0.25) is 0 Å². The van der Waals surface area contributed by atoms with Crippen molar-refractivity contribution in [2.24, 2.45) is 5.73 Å². The average Bonchev–Trinajstić information content (AvgIpc) is 2.46. The van der Waals surface area contributed by atoms with Crippen LogP contribution in [0.25, 0.3) is 11.0 Å². The summed E-state index contributed by atoms with van der Waals surface area (Å²) in [6, 6.07) is 4.21. The third-order valence-corrected chi connectivity index (χ3v) is 4.24. The molecule has 112 valence electrons. The van der Waals surface area contributed by atoms with E-state index in [0.717, 1.165) is 41.2 Å². The maximum absolute atomic E-state index is 6.13. The second-order valence-electron chi connectivity index (χ2n) is 6.19. The molecule has 0 spiro atoms. The molecule has 1 aromatic carbocycles. The average molecular weight is 284 g/mol. The first-order chi connectivity index (χ1) is 10.1. The molecule has 21 heavy (non-hydrogen) atoms. The SMILES string of the molecule is Cc1cc([C@@H](C)N)c2nc(N3CCCCC3)c(C)nc2c1. The first-order valence-corrected chi connectivity index (χ1v) is 7.85. The van der Waals surface area contributed by atoms with E-state index < -0.39 is 0 Å². The Morgan fingerprint density at radius 2 is 1.81 bits per heavy atom. The molecule has 3 rings (SSSR count). The second kappa shape index (κ2) is 5.60. The van der Waals surface area contributed by atoms with Gasteiger partial charge >= 0.3 is 0 Å². The van der Waals surface area contributed by atoms with Crippen molar-refractivity contribution >= 4 is 16.9 Å². The van der Waals surface area contributed by atoms with Crippen LogP contribution in [-0.2, 0) is 0 Å². The number of aryl methyl sites for hydroxylation is 2. The molecule has 2 N–H and O–H groups in total. The Morgan fingerprint density at radius 3 is 2.48 bits per heavy atom. The van der Waals surface area contributed by atoms with Gasteiger partial charge in [-0.2, -0.15) is 0 Å². The summed E-state index contributed by atoms with van der Waals surface area (Å²) in [4.78, 5) is 12.1. The van der Waals surface area contributed by atoms with Gasteiger partial charge in [0.15, 0.2) is 5.82 Å². The van der Waals surface area contributed by atoms with Crippen LogP contribution in [0.3, 0.4) is 0 Å². The van der Waals surface area contributed by atoms with Gasteiger partial charge in [0.1, 0.15) is 0 Å². The minimum atomic E-state index is -0.0291. The first kappa shape index (κ1) is 14.3. The Hall–Kier alpha value is -1.68. The predicted octanol–water partition coefficient (Wildman–Crippen LogP) is 3.26. The Morgan fingerprint density at radius 1 is 1.10 bits per heavy atom. The quantitative estimate of drug-likeness (QED) is 0.919. The molecule has 0 amide bonds. The molecule has 4 heteroatoms. The summed E-state index contributed by atoms with van der Waals surface area (Å²) in [5, 5.41) is 0. The van der Waals surface area contributed by atoms with Crippen molar-refractivity contribution in [3.05, 3.63) is 29.0 Å². The van der Waals surface area contributed by atoms with Gasteiger partial charge in [-0.15, -0.1) is 0 Å². The number of hydrogen-bond acceptors (Lipinski definition) is 4. The summed E-state index contributed by atoms with van der Waals surface area (Å²) in [6.45, 7) is 8.32. The summed E-state index contributed by atoms with van der Waals surface area (Å²) < 4.78 is 0. The van der Waals surface area contributed by atoms with E-state index in [1.165, 1.54) is 24.8 Å². The molecule has 1 aliphatic rings. The molecule has 1 fully saturated rings. The monoisotopic (exact) mass is 284 g/mol. The Labute approximate surface area is 126 Å². The molecule has 0 radical (unpaired) electrons. The highest BCUT2D eigenvalue weighted by atomic mass is 15.2. The molecule has 1 saturated heterocycles. The van der Waals surface area contributed by atoms with Gasteiger partial charge < -0.3 is 10.6 Å². The lowest BCUT2D eigenvalue weighted by atomic mass is 10.0. The van der Waals surface area contributed by atoms with Crippen molar-refractivity contribution in [2.75, 3.05) is 18.0 Å². The zero-order valence-electron chi connectivity index (χ0n) is 13.2. The molecule has 0 aliphatic carbocycles. The van der Waals surface area contributed by atoms with Crippen molar-refractivity contribution < 1.29 is 0 Å². The molecule has 0 unspecified atom stereocenters. The lowest BCUT2D eigenvalue weighted by Gasteiger charge is -2.29. The van der Waals surface area contributed by atoms with E-state index in [2.05, 4.69) is 30.9 Å². The van der Waals surface area contributed by atoms with Crippen LogP contribution >= 0.6 is 0 Å². The molecule has 2 heterocycles. The smallest absolute Gasteiger partial charge is 0.150 e. The van der Waals surface area contributed by atoms with Crippen molar-refractivity contribution in [1.82, 2.24) is 9.97 Å². The highest BCUT2D eigenvalue weighted by molar-refractivity contribution is 5.81. The van der Waals surface area contributed by atoms with Crippen LogP contribution in [0.1, 0.15) is 49.0 Å². The van der Waals surface area contributed by atoms with Crippen molar-refractivity contribution in [3.63, 3.8) is 0 Å². The fourth-order valence-corrected chi connectivity index (χ4v) is 3.16. The van der Waals surface area contributed by atoms with Crippen LogP contribution in [0.2, 0.25) is 0 Å². The summed E-state index contributed by atoms with van der Waals surface area (Å²) in [5.74, 6) is 1.04. The maximum atomic E-state index is 6.13. The number of rotatable bonds is 2. The standard InChI is InChI=1S/C17H24N4/c1-11-9-14(12(2)18)16-15(10-11)19-13(3)17(20-16)21-7-5-4-6-8-21/h9-10,12H,4-8,18H2,1-3H3/t12-/m1/s1. The van der Waals surface area contributed by atoms with E-state index in [9.17, 15) is 0 Å². The number of benzene rings is 1. The van der Waals surface area contributed by atoms with Gasteiger partial charge in [0.2, 0.25) is 0 Å². The minimum Gasteiger partial charge on any atom is -0.355 e. The van der Waals surface area contributed by atoms with Crippen molar-refractivity contribution in [2.45, 2.75) is 46.1 Å². The molecule has 1 atom stereocenters. The lowest BCUT2D eigenvalue weighted by molar-refractivity contribution is 0.572. The van der Waals surface area contributed by atoms with E-state index in [-0.39, 0.29) is 6.04 Å². The minimum absolute atomic E-state index is 0.0291. The number of anilines is 1. The van der Waals surface area contributed by atoms with E-state index in [4.69, 9.17) is 15.7 Å². The number of nitrogens with zero attached hydrogens (tertiary/aromatic N) is 3. The van der Waals surface area contributed by atoms with E-state index in [0.29, 0.717) is 0 Å². The summed E-state index contributed by atoms with van der Waals surface area (Å²) in [7, 11) is 0. The fourth-order valence-electron chi connectivity index (χ4n) is 3.16. The summed E-state index contributed by atoms with van der Waals surface area (Å²) >= 11 is 0. The van der Waals surface area contributed by atoms with Gasteiger partial charge in [0.25, 0.3) is 0 Å². The van der Waals surface area contributed by atoms with Crippen molar-refractivity contribution in [1.29, 1.82) is 0 Å². The normalized spacial score (nSPS) is 17.2. The molecule has 2 aromatic rings.